The molecule has 0 aromatic heterocycles. The van der Waals surface area contributed by atoms with Gasteiger partial charge in [0.25, 0.3) is 0 Å². The number of carbonyl (C=O) groups is 3. The number of carboxylic acids is 2. The van der Waals surface area contributed by atoms with Crippen LogP contribution in [0.1, 0.15) is 12.8 Å². The van der Waals surface area contributed by atoms with Crippen molar-refractivity contribution in [2.24, 2.45) is 5.14 Å². The molecule has 1 rings (SSSR count). The molecule has 1 saturated heterocycles. The Bertz CT molecular complexity index is 486. The zero-order chi connectivity index (χ0) is 14.1. The molecule has 1 heterocycles. The van der Waals surface area contributed by atoms with Gasteiger partial charge in [-0.15, -0.1) is 0 Å². The van der Waals surface area contributed by atoms with Gasteiger partial charge >= 0.3 is 11.9 Å². The van der Waals surface area contributed by atoms with Gasteiger partial charge in [0.15, 0.2) is 0 Å². The van der Waals surface area contributed by atoms with Crippen molar-refractivity contribution in [1.82, 2.24) is 4.90 Å². The van der Waals surface area contributed by atoms with Crippen LogP contribution in [0.25, 0.3) is 0 Å². The van der Waals surface area contributed by atoms with Crippen LogP contribution in [-0.2, 0) is 24.4 Å². The quantitative estimate of drug-likeness (QED) is 0.516. The number of aliphatic carboxylic acids is 2. The van der Waals surface area contributed by atoms with Crippen LogP contribution in [0.2, 0.25) is 0 Å². The maximum atomic E-state index is 11.5. The SMILES string of the molecule is NS(=O)(=O)C1CC(=O)N(C(CC(=O)O)C(=O)O)C1. The summed E-state index contributed by atoms with van der Waals surface area (Å²) in [6.45, 7) is -0.401. The Labute approximate surface area is 102 Å². The number of carbonyl (C=O) groups excluding carboxylic acids is 1. The number of likely N-dealkylation sites (tertiary alicyclic amines) is 1. The monoisotopic (exact) mass is 280 g/mol. The summed E-state index contributed by atoms with van der Waals surface area (Å²) >= 11 is 0. The number of sulfonamides is 1. The largest absolute Gasteiger partial charge is 0.481 e. The van der Waals surface area contributed by atoms with Crippen LogP contribution in [0.15, 0.2) is 0 Å². The van der Waals surface area contributed by atoms with E-state index in [0.717, 1.165) is 4.90 Å². The molecule has 4 N–H and O–H groups in total. The molecule has 0 aliphatic carbocycles. The molecule has 0 spiro atoms. The van der Waals surface area contributed by atoms with E-state index < -0.39 is 58.5 Å². The minimum absolute atomic E-state index is 0.401. The molecule has 102 valence electrons. The molecular weight excluding hydrogens is 268 g/mol. The third kappa shape index (κ3) is 3.17. The number of amides is 1. The van der Waals surface area contributed by atoms with Gasteiger partial charge in [0.1, 0.15) is 11.3 Å². The highest BCUT2D eigenvalue weighted by molar-refractivity contribution is 7.89. The van der Waals surface area contributed by atoms with Crippen molar-refractivity contribution in [2.45, 2.75) is 24.1 Å². The first-order valence-corrected chi connectivity index (χ1v) is 6.49. The van der Waals surface area contributed by atoms with E-state index in [0.29, 0.717) is 0 Å². The fraction of sp³-hybridized carbons (Fsp3) is 0.625. The Balaban J connectivity index is 2.91. The van der Waals surface area contributed by atoms with Crippen molar-refractivity contribution in [3.63, 3.8) is 0 Å². The predicted molar refractivity (Wildman–Crippen MR) is 56.9 cm³/mol. The summed E-state index contributed by atoms with van der Waals surface area (Å²) in [4.78, 5) is 33.6. The van der Waals surface area contributed by atoms with Crippen molar-refractivity contribution < 1.29 is 33.0 Å². The zero-order valence-corrected chi connectivity index (χ0v) is 9.96. The van der Waals surface area contributed by atoms with Crippen LogP contribution in [0.3, 0.4) is 0 Å². The van der Waals surface area contributed by atoms with Gasteiger partial charge in [-0.3, -0.25) is 9.59 Å². The van der Waals surface area contributed by atoms with E-state index in [1.807, 2.05) is 0 Å². The van der Waals surface area contributed by atoms with E-state index in [4.69, 9.17) is 15.4 Å². The van der Waals surface area contributed by atoms with Gasteiger partial charge in [0.2, 0.25) is 15.9 Å². The number of nitrogens with zero attached hydrogens (tertiary/aromatic N) is 1. The van der Waals surface area contributed by atoms with Crippen LogP contribution in [-0.4, -0.2) is 59.2 Å². The van der Waals surface area contributed by atoms with E-state index in [1.165, 1.54) is 0 Å². The van der Waals surface area contributed by atoms with E-state index >= 15 is 0 Å². The van der Waals surface area contributed by atoms with Crippen molar-refractivity contribution in [3.05, 3.63) is 0 Å². The second-order valence-electron chi connectivity index (χ2n) is 3.91. The average molecular weight is 280 g/mol. The molecule has 18 heavy (non-hydrogen) atoms. The van der Waals surface area contributed by atoms with Crippen molar-refractivity contribution >= 4 is 27.9 Å². The number of primary sulfonamides is 1. The Morgan fingerprint density at radius 1 is 1.44 bits per heavy atom. The normalized spacial score (nSPS) is 21.9. The molecule has 10 heteroatoms. The summed E-state index contributed by atoms with van der Waals surface area (Å²) in [5.41, 5.74) is 0. The number of hydrogen-bond acceptors (Lipinski definition) is 5. The molecule has 0 aromatic carbocycles. The van der Waals surface area contributed by atoms with Gasteiger partial charge in [-0.25, -0.2) is 18.4 Å². The summed E-state index contributed by atoms with van der Waals surface area (Å²) in [6, 6.07) is -1.58. The number of carboxylic acid groups (broad SMARTS) is 2. The molecule has 1 fully saturated rings. The first-order chi connectivity index (χ1) is 8.12. The Kier molecular flexibility index (Phi) is 3.92. The maximum Gasteiger partial charge on any atom is 0.327 e. The summed E-state index contributed by atoms with van der Waals surface area (Å²) in [6.07, 6.45) is -1.22. The molecule has 2 atom stereocenters. The minimum Gasteiger partial charge on any atom is -0.481 e. The summed E-state index contributed by atoms with van der Waals surface area (Å²) < 4.78 is 22.1. The standard InChI is InChI=1S/C8H12N2O7S/c9-18(16,17)4-1-6(11)10(3-4)5(8(14)15)2-7(12)13/h4-5H,1-3H2,(H,12,13)(H,14,15)(H2,9,16,17). The minimum atomic E-state index is -3.96. The lowest BCUT2D eigenvalue weighted by Crippen LogP contribution is -2.44. The predicted octanol–water partition coefficient (Wildman–Crippen LogP) is -2.20. The highest BCUT2D eigenvalue weighted by Gasteiger charge is 2.42. The molecule has 1 aliphatic rings. The first kappa shape index (κ1) is 14.4. The summed E-state index contributed by atoms with van der Waals surface area (Å²) in [7, 11) is -3.96. The van der Waals surface area contributed by atoms with Crippen LogP contribution in [0, 0.1) is 0 Å². The smallest absolute Gasteiger partial charge is 0.327 e. The lowest BCUT2D eigenvalue weighted by atomic mass is 10.2. The number of hydrogen-bond donors (Lipinski definition) is 3. The van der Waals surface area contributed by atoms with Crippen molar-refractivity contribution in [3.8, 4) is 0 Å². The third-order valence-electron chi connectivity index (χ3n) is 2.62. The highest BCUT2D eigenvalue weighted by Crippen LogP contribution is 2.20. The van der Waals surface area contributed by atoms with E-state index in [9.17, 15) is 22.8 Å². The fourth-order valence-electron chi connectivity index (χ4n) is 1.72. The molecule has 0 saturated carbocycles. The fourth-order valence-corrected chi connectivity index (χ4v) is 2.46. The van der Waals surface area contributed by atoms with Gasteiger partial charge < -0.3 is 15.1 Å². The molecule has 9 nitrogen and oxygen atoms in total. The first-order valence-electron chi connectivity index (χ1n) is 4.88. The van der Waals surface area contributed by atoms with Crippen LogP contribution in [0.4, 0.5) is 0 Å². The molecule has 1 amide bonds. The highest BCUT2D eigenvalue weighted by atomic mass is 32.2. The lowest BCUT2D eigenvalue weighted by Gasteiger charge is -2.22. The maximum absolute atomic E-state index is 11.5. The second-order valence-corrected chi connectivity index (χ2v) is 5.76. The van der Waals surface area contributed by atoms with Crippen molar-refractivity contribution in [2.75, 3.05) is 6.54 Å². The van der Waals surface area contributed by atoms with Crippen molar-refractivity contribution in [1.29, 1.82) is 0 Å². The van der Waals surface area contributed by atoms with Gasteiger partial charge in [-0.2, -0.15) is 0 Å². The van der Waals surface area contributed by atoms with Crippen LogP contribution in [0.5, 0.6) is 0 Å². The average Bonchev–Trinajstić information content (AvgIpc) is 2.55. The van der Waals surface area contributed by atoms with Gasteiger partial charge in [0, 0.05) is 13.0 Å². The van der Waals surface area contributed by atoms with Crippen LogP contribution < -0.4 is 5.14 Å². The summed E-state index contributed by atoms with van der Waals surface area (Å²) in [5, 5.41) is 21.1. The molecular formula is C8H12N2O7S. The second kappa shape index (κ2) is 4.90. The van der Waals surface area contributed by atoms with E-state index in [1.54, 1.807) is 0 Å². The zero-order valence-electron chi connectivity index (χ0n) is 9.14. The molecule has 1 aliphatic heterocycles. The van der Waals surface area contributed by atoms with E-state index in [-0.39, 0.29) is 0 Å². The topological polar surface area (TPSA) is 155 Å². The molecule has 0 radical (unpaired) electrons. The Morgan fingerprint density at radius 2 is 2.00 bits per heavy atom. The molecule has 0 bridgehead atoms. The summed E-state index contributed by atoms with van der Waals surface area (Å²) in [5.74, 6) is -3.63. The van der Waals surface area contributed by atoms with Gasteiger partial charge in [-0.1, -0.05) is 0 Å². The molecule has 0 aromatic rings. The van der Waals surface area contributed by atoms with E-state index in [2.05, 4.69) is 0 Å². The lowest BCUT2D eigenvalue weighted by molar-refractivity contribution is -0.153. The van der Waals surface area contributed by atoms with Crippen LogP contribution >= 0.6 is 0 Å². The Hall–Kier alpha value is -1.68. The Morgan fingerprint density at radius 3 is 2.33 bits per heavy atom. The third-order valence-corrected chi connectivity index (χ3v) is 3.86. The van der Waals surface area contributed by atoms with Gasteiger partial charge in [-0.05, 0) is 0 Å². The van der Waals surface area contributed by atoms with Gasteiger partial charge in [0.05, 0.1) is 6.42 Å². The number of nitrogens with two attached hydrogens (primary N) is 1. The number of rotatable bonds is 5. The molecule has 2 unspecified atom stereocenters.